The molecule has 1 amide bonds. The molecule has 2 aromatic carbocycles. The number of halogens is 1. The Bertz CT molecular complexity index is 1020. The minimum absolute atomic E-state index is 0.124. The minimum Gasteiger partial charge on any atom is -0.320 e. The Kier molecular flexibility index (Phi) is 5.99. The molecule has 3 aromatic rings. The van der Waals surface area contributed by atoms with Crippen LogP contribution in [-0.4, -0.2) is 31.3 Å². The quantitative estimate of drug-likeness (QED) is 0.368. The first kappa shape index (κ1) is 19.5. The topological polar surface area (TPSA) is 103 Å². The lowest BCUT2D eigenvalue weighted by Gasteiger charge is -2.06. The predicted octanol–water partition coefficient (Wildman–Crippen LogP) is 3.65. The third kappa shape index (κ3) is 4.34. The maximum absolute atomic E-state index is 13.9. The summed E-state index contributed by atoms with van der Waals surface area (Å²) in [5, 5.41) is 22.1. The van der Waals surface area contributed by atoms with Crippen LogP contribution >= 0.6 is 11.8 Å². The average Bonchev–Trinajstić information content (AvgIpc) is 3.03. The van der Waals surface area contributed by atoms with Gasteiger partial charge in [-0.15, -0.1) is 10.2 Å². The molecule has 3 rings (SSSR count). The van der Waals surface area contributed by atoms with Crippen molar-refractivity contribution in [3.63, 3.8) is 0 Å². The molecule has 1 heterocycles. The Morgan fingerprint density at radius 2 is 1.93 bits per heavy atom. The second-order valence-corrected chi connectivity index (χ2v) is 6.83. The largest absolute Gasteiger partial charge is 0.320 e. The van der Waals surface area contributed by atoms with Gasteiger partial charge in [0.25, 0.3) is 5.69 Å². The zero-order valence-electron chi connectivity index (χ0n) is 14.8. The number of benzene rings is 2. The summed E-state index contributed by atoms with van der Waals surface area (Å²) in [5.74, 6) is 0.0389. The van der Waals surface area contributed by atoms with Crippen LogP contribution < -0.4 is 5.32 Å². The first-order chi connectivity index (χ1) is 13.5. The standard InChI is InChI=1S/C18H16FN5O3S/c1-23-17(12-6-2-3-7-13(12)19)21-22-18(23)28-11-10-16(25)20-14-8-4-5-9-15(14)24(26)27/h2-9H,10-11H2,1H3,(H,20,25). The Labute approximate surface area is 163 Å². The first-order valence-corrected chi connectivity index (χ1v) is 9.26. The van der Waals surface area contributed by atoms with Gasteiger partial charge < -0.3 is 9.88 Å². The number of nitrogens with one attached hydrogen (secondary N) is 1. The maximum Gasteiger partial charge on any atom is 0.292 e. The highest BCUT2D eigenvalue weighted by atomic mass is 32.2. The SMILES string of the molecule is Cn1c(SCCC(=O)Nc2ccccc2[N+](=O)[O-])nnc1-c1ccccc1F. The van der Waals surface area contributed by atoms with Gasteiger partial charge >= 0.3 is 0 Å². The van der Waals surface area contributed by atoms with E-state index in [1.165, 1.54) is 36.0 Å². The summed E-state index contributed by atoms with van der Waals surface area (Å²) in [6, 6.07) is 12.2. The molecule has 28 heavy (non-hydrogen) atoms. The lowest BCUT2D eigenvalue weighted by Crippen LogP contribution is -2.13. The Hall–Kier alpha value is -3.27. The van der Waals surface area contributed by atoms with Gasteiger partial charge in [-0.05, 0) is 18.2 Å². The van der Waals surface area contributed by atoms with Crippen LogP contribution in [0.2, 0.25) is 0 Å². The molecular weight excluding hydrogens is 385 g/mol. The van der Waals surface area contributed by atoms with E-state index in [0.29, 0.717) is 22.3 Å². The fraction of sp³-hybridized carbons (Fsp3) is 0.167. The number of nitro groups is 1. The molecule has 0 aliphatic carbocycles. The number of nitrogens with zero attached hydrogens (tertiary/aromatic N) is 4. The van der Waals surface area contributed by atoms with Gasteiger partial charge in [-0.25, -0.2) is 4.39 Å². The molecule has 1 N–H and O–H groups in total. The molecule has 0 saturated heterocycles. The van der Waals surface area contributed by atoms with E-state index in [9.17, 15) is 19.3 Å². The monoisotopic (exact) mass is 401 g/mol. The average molecular weight is 401 g/mol. The van der Waals surface area contributed by atoms with Crippen molar-refractivity contribution >= 4 is 29.0 Å². The minimum atomic E-state index is -0.547. The number of thioether (sulfide) groups is 1. The summed E-state index contributed by atoms with van der Waals surface area (Å²) in [6.07, 6.45) is 0.124. The van der Waals surface area contributed by atoms with Crippen molar-refractivity contribution in [2.24, 2.45) is 7.05 Å². The van der Waals surface area contributed by atoms with Crippen molar-refractivity contribution in [3.8, 4) is 11.4 Å². The van der Waals surface area contributed by atoms with Gasteiger partial charge in [-0.3, -0.25) is 14.9 Å². The zero-order chi connectivity index (χ0) is 20.1. The van der Waals surface area contributed by atoms with Gasteiger partial charge in [-0.2, -0.15) is 0 Å². The van der Waals surface area contributed by atoms with Crippen LogP contribution in [0, 0.1) is 15.9 Å². The molecule has 0 fully saturated rings. The van der Waals surface area contributed by atoms with Gasteiger partial charge in [0.1, 0.15) is 11.5 Å². The highest BCUT2D eigenvalue weighted by molar-refractivity contribution is 7.99. The van der Waals surface area contributed by atoms with E-state index in [1.54, 1.807) is 35.9 Å². The van der Waals surface area contributed by atoms with E-state index in [2.05, 4.69) is 15.5 Å². The Morgan fingerprint density at radius 1 is 1.21 bits per heavy atom. The maximum atomic E-state index is 13.9. The molecule has 0 atom stereocenters. The highest BCUT2D eigenvalue weighted by Gasteiger charge is 2.16. The fourth-order valence-electron chi connectivity index (χ4n) is 2.50. The van der Waals surface area contributed by atoms with Crippen LogP contribution in [0.25, 0.3) is 11.4 Å². The van der Waals surface area contributed by atoms with Crippen LogP contribution in [0.1, 0.15) is 6.42 Å². The molecule has 10 heteroatoms. The summed E-state index contributed by atoms with van der Waals surface area (Å²) < 4.78 is 15.6. The number of hydrogen-bond donors (Lipinski definition) is 1. The van der Waals surface area contributed by atoms with Crippen molar-refractivity contribution in [2.45, 2.75) is 11.6 Å². The van der Waals surface area contributed by atoms with Crippen LogP contribution in [0.15, 0.2) is 53.7 Å². The van der Waals surface area contributed by atoms with Crippen LogP contribution in [0.4, 0.5) is 15.8 Å². The van der Waals surface area contributed by atoms with E-state index in [4.69, 9.17) is 0 Å². The number of anilines is 1. The molecule has 0 spiro atoms. The number of nitro benzene ring substituents is 1. The molecular formula is C18H16FN5O3S. The summed E-state index contributed by atoms with van der Waals surface area (Å²) in [7, 11) is 1.72. The predicted molar refractivity (Wildman–Crippen MR) is 103 cm³/mol. The lowest BCUT2D eigenvalue weighted by atomic mass is 10.2. The number of carbonyl (C=O) groups is 1. The normalized spacial score (nSPS) is 10.6. The van der Waals surface area contributed by atoms with E-state index in [1.807, 2.05) is 0 Å². The molecule has 0 aliphatic heterocycles. The summed E-state index contributed by atoms with van der Waals surface area (Å²) in [5.41, 5.74) is 0.341. The number of rotatable bonds is 7. The number of carbonyl (C=O) groups excluding carboxylic acids is 1. The van der Waals surface area contributed by atoms with E-state index in [0.717, 1.165) is 0 Å². The summed E-state index contributed by atoms with van der Waals surface area (Å²) in [4.78, 5) is 22.5. The Morgan fingerprint density at radius 3 is 2.68 bits per heavy atom. The molecule has 0 radical (unpaired) electrons. The van der Waals surface area contributed by atoms with Gasteiger partial charge in [0.05, 0.1) is 10.5 Å². The number of aromatic nitrogens is 3. The molecule has 0 aliphatic rings. The van der Waals surface area contributed by atoms with E-state index >= 15 is 0 Å². The third-order valence-corrected chi connectivity index (χ3v) is 4.91. The third-order valence-electron chi connectivity index (χ3n) is 3.88. The van der Waals surface area contributed by atoms with E-state index in [-0.39, 0.29) is 23.7 Å². The molecule has 0 unspecified atom stereocenters. The summed E-state index contributed by atoms with van der Waals surface area (Å²) in [6.45, 7) is 0. The smallest absolute Gasteiger partial charge is 0.292 e. The van der Waals surface area contributed by atoms with Crippen molar-refractivity contribution in [2.75, 3.05) is 11.1 Å². The fourth-order valence-corrected chi connectivity index (χ4v) is 3.35. The Balaban J connectivity index is 1.60. The second kappa shape index (κ2) is 8.61. The van der Waals surface area contributed by atoms with Crippen LogP contribution in [0.3, 0.4) is 0 Å². The van der Waals surface area contributed by atoms with Crippen molar-refractivity contribution in [1.29, 1.82) is 0 Å². The highest BCUT2D eigenvalue weighted by Crippen LogP contribution is 2.26. The lowest BCUT2D eigenvalue weighted by molar-refractivity contribution is -0.383. The molecule has 1 aromatic heterocycles. The van der Waals surface area contributed by atoms with Crippen LogP contribution in [-0.2, 0) is 11.8 Å². The van der Waals surface area contributed by atoms with Gasteiger partial charge in [0.15, 0.2) is 11.0 Å². The van der Waals surface area contributed by atoms with Gasteiger partial charge in [-0.1, -0.05) is 36.0 Å². The van der Waals surface area contributed by atoms with Crippen molar-refractivity contribution < 1.29 is 14.1 Å². The van der Waals surface area contributed by atoms with Crippen molar-refractivity contribution in [3.05, 3.63) is 64.5 Å². The number of para-hydroxylation sites is 2. The van der Waals surface area contributed by atoms with Gasteiger partial charge in [0.2, 0.25) is 5.91 Å². The molecule has 0 bridgehead atoms. The molecule has 8 nitrogen and oxygen atoms in total. The molecule has 0 saturated carbocycles. The summed E-state index contributed by atoms with van der Waals surface area (Å²) >= 11 is 1.29. The van der Waals surface area contributed by atoms with Crippen molar-refractivity contribution in [1.82, 2.24) is 14.8 Å². The molecule has 144 valence electrons. The number of hydrogen-bond acceptors (Lipinski definition) is 6. The zero-order valence-corrected chi connectivity index (χ0v) is 15.6. The first-order valence-electron chi connectivity index (χ1n) is 8.27. The van der Waals surface area contributed by atoms with Crippen LogP contribution in [0.5, 0.6) is 0 Å². The number of amides is 1. The second-order valence-electron chi connectivity index (χ2n) is 5.77. The van der Waals surface area contributed by atoms with E-state index < -0.39 is 10.7 Å². The van der Waals surface area contributed by atoms with Gasteiger partial charge in [0, 0.05) is 25.3 Å².